The molecule has 2 unspecified atom stereocenters. The molecular formula is C12H14ClNO3. The van der Waals surface area contributed by atoms with Crippen molar-refractivity contribution < 1.29 is 14.6 Å². The zero-order chi connectivity index (χ0) is 12.4. The third kappa shape index (κ3) is 2.53. The third-order valence-electron chi connectivity index (χ3n) is 3.06. The maximum absolute atomic E-state index is 10.9. The maximum atomic E-state index is 10.9. The van der Waals surface area contributed by atoms with Crippen molar-refractivity contribution >= 4 is 17.6 Å². The van der Waals surface area contributed by atoms with Gasteiger partial charge in [0.05, 0.1) is 13.0 Å². The van der Waals surface area contributed by atoms with Crippen LogP contribution in [0.15, 0.2) is 18.2 Å². The van der Waals surface area contributed by atoms with Crippen LogP contribution in [0.3, 0.4) is 0 Å². The molecule has 92 valence electrons. The normalized spacial score (nSPS) is 23.6. The van der Waals surface area contributed by atoms with Gasteiger partial charge >= 0.3 is 5.97 Å². The molecule has 1 aromatic carbocycles. The van der Waals surface area contributed by atoms with E-state index in [-0.39, 0.29) is 12.0 Å². The molecular weight excluding hydrogens is 242 g/mol. The van der Waals surface area contributed by atoms with Crippen molar-refractivity contribution in [2.24, 2.45) is 5.92 Å². The Bertz CT molecular complexity index is 436. The molecule has 0 aliphatic carbocycles. The van der Waals surface area contributed by atoms with Gasteiger partial charge in [-0.05, 0) is 30.2 Å². The van der Waals surface area contributed by atoms with E-state index in [1.807, 2.05) is 6.07 Å². The second-order valence-electron chi connectivity index (χ2n) is 4.12. The Morgan fingerprint density at radius 1 is 1.59 bits per heavy atom. The van der Waals surface area contributed by atoms with Crippen molar-refractivity contribution in [2.45, 2.75) is 12.5 Å². The van der Waals surface area contributed by atoms with Crippen LogP contribution in [0.2, 0.25) is 5.02 Å². The Morgan fingerprint density at radius 3 is 2.94 bits per heavy atom. The number of methoxy groups -OCH3 is 1. The van der Waals surface area contributed by atoms with E-state index in [4.69, 9.17) is 21.4 Å². The summed E-state index contributed by atoms with van der Waals surface area (Å²) in [6.45, 7) is 0.480. The van der Waals surface area contributed by atoms with Crippen molar-refractivity contribution in [2.75, 3.05) is 13.7 Å². The number of aliphatic carboxylic acids is 1. The highest BCUT2D eigenvalue weighted by Gasteiger charge is 2.31. The molecule has 2 atom stereocenters. The van der Waals surface area contributed by atoms with Crippen LogP contribution in [-0.2, 0) is 4.79 Å². The minimum Gasteiger partial charge on any atom is -0.497 e. The number of benzene rings is 1. The lowest BCUT2D eigenvalue weighted by molar-refractivity contribution is -0.141. The molecule has 2 N–H and O–H groups in total. The number of rotatable bonds is 3. The summed E-state index contributed by atoms with van der Waals surface area (Å²) in [5.74, 6) is -0.383. The number of halogens is 1. The smallest absolute Gasteiger partial charge is 0.307 e. The van der Waals surface area contributed by atoms with E-state index in [1.165, 1.54) is 0 Å². The van der Waals surface area contributed by atoms with E-state index in [0.29, 0.717) is 18.0 Å². The van der Waals surface area contributed by atoms with Crippen molar-refractivity contribution in [1.29, 1.82) is 0 Å². The number of nitrogens with one attached hydrogen (secondary N) is 1. The van der Waals surface area contributed by atoms with Crippen molar-refractivity contribution in [1.82, 2.24) is 5.32 Å². The van der Waals surface area contributed by atoms with Crippen molar-refractivity contribution in [3.63, 3.8) is 0 Å². The standard InChI is InChI=1S/C12H14ClNO3/c1-17-8-2-3-10(13)9(5-8)11-4-7(6-14-11)12(15)16/h2-3,5,7,11,14H,4,6H2,1H3,(H,15,16). The summed E-state index contributed by atoms with van der Waals surface area (Å²) in [4.78, 5) is 10.9. The van der Waals surface area contributed by atoms with Gasteiger partial charge in [0.2, 0.25) is 0 Å². The van der Waals surface area contributed by atoms with Gasteiger partial charge in [0.25, 0.3) is 0 Å². The summed E-state index contributed by atoms with van der Waals surface area (Å²) < 4.78 is 5.14. The fourth-order valence-electron chi connectivity index (χ4n) is 2.08. The highest BCUT2D eigenvalue weighted by molar-refractivity contribution is 6.31. The van der Waals surface area contributed by atoms with E-state index in [0.717, 1.165) is 11.3 Å². The first-order chi connectivity index (χ1) is 8.11. The van der Waals surface area contributed by atoms with Gasteiger partial charge in [-0.3, -0.25) is 4.79 Å². The lowest BCUT2D eigenvalue weighted by Gasteiger charge is -2.13. The van der Waals surface area contributed by atoms with Crippen molar-refractivity contribution in [3.05, 3.63) is 28.8 Å². The van der Waals surface area contributed by atoms with E-state index in [1.54, 1.807) is 19.2 Å². The van der Waals surface area contributed by atoms with Crippen LogP contribution in [0, 0.1) is 5.92 Å². The lowest BCUT2D eigenvalue weighted by Crippen LogP contribution is -2.17. The van der Waals surface area contributed by atoms with Crippen LogP contribution in [-0.4, -0.2) is 24.7 Å². The van der Waals surface area contributed by atoms with Gasteiger partial charge in [0, 0.05) is 17.6 Å². The minimum atomic E-state index is -0.765. The van der Waals surface area contributed by atoms with Gasteiger partial charge in [-0.15, -0.1) is 0 Å². The molecule has 0 bridgehead atoms. The first kappa shape index (κ1) is 12.2. The average Bonchev–Trinajstić information content (AvgIpc) is 2.79. The molecule has 0 aromatic heterocycles. The molecule has 2 rings (SSSR count). The molecule has 1 heterocycles. The first-order valence-electron chi connectivity index (χ1n) is 5.41. The van der Waals surface area contributed by atoms with E-state index < -0.39 is 5.97 Å². The number of carboxylic acids is 1. The molecule has 1 fully saturated rings. The zero-order valence-corrected chi connectivity index (χ0v) is 10.2. The number of carboxylic acid groups (broad SMARTS) is 1. The van der Waals surface area contributed by atoms with E-state index in [9.17, 15) is 4.79 Å². The summed E-state index contributed by atoms with van der Waals surface area (Å²) in [7, 11) is 1.59. The molecule has 0 radical (unpaired) electrons. The quantitative estimate of drug-likeness (QED) is 0.868. The molecule has 1 aliphatic heterocycles. The largest absolute Gasteiger partial charge is 0.497 e. The van der Waals surface area contributed by atoms with Gasteiger partial charge in [0.15, 0.2) is 0 Å². The second kappa shape index (κ2) is 4.94. The second-order valence-corrected chi connectivity index (χ2v) is 4.53. The third-order valence-corrected chi connectivity index (χ3v) is 3.40. The van der Waals surface area contributed by atoms with Crippen LogP contribution < -0.4 is 10.1 Å². The minimum absolute atomic E-state index is 0.0151. The Kier molecular flexibility index (Phi) is 3.54. The van der Waals surface area contributed by atoms with Crippen LogP contribution in [0.1, 0.15) is 18.0 Å². The first-order valence-corrected chi connectivity index (χ1v) is 5.79. The summed E-state index contributed by atoms with van der Waals surface area (Å²) in [5.41, 5.74) is 0.898. The van der Waals surface area contributed by atoms with Gasteiger partial charge in [-0.1, -0.05) is 11.6 Å². The topological polar surface area (TPSA) is 58.6 Å². The van der Waals surface area contributed by atoms with Gasteiger partial charge in [-0.2, -0.15) is 0 Å². The number of carbonyl (C=O) groups is 1. The molecule has 0 spiro atoms. The molecule has 17 heavy (non-hydrogen) atoms. The summed E-state index contributed by atoms with van der Waals surface area (Å²) in [6.07, 6.45) is 0.558. The number of ether oxygens (including phenoxy) is 1. The Labute approximate surface area is 105 Å². The molecule has 0 saturated carbocycles. The number of hydrogen-bond donors (Lipinski definition) is 2. The van der Waals surface area contributed by atoms with Crippen LogP contribution in [0.5, 0.6) is 5.75 Å². The van der Waals surface area contributed by atoms with Gasteiger partial charge in [0.1, 0.15) is 5.75 Å². The lowest BCUT2D eigenvalue weighted by atomic mass is 10.00. The molecule has 1 saturated heterocycles. The summed E-state index contributed by atoms with van der Waals surface area (Å²) >= 11 is 6.12. The van der Waals surface area contributed by atoms with Gasteiger partial charge in [-0.25, -0.2) is 0 Å². The maximum Gasteiger partial charge on any atom is 0.307 e. The van der Waals surface area contributed by atoms with Crippen molar-refractivity contribution in [3.8, 4) is 5.75 Å². The van der Waals surface area contributed by atoms with E-state index >= 15 is 0 Å². The SMILES string of the molecule is COc1ccc(Cl)c(C2CC(C(=O)O)CN2)c1. The summed E-state index contributed by atoms with van der Waals surface area (Å²) in [6, 6.07) is 5.39. The summed E-state index contributed by atoms with van der Waals surface area (Å²) in [5, 5.41) is 12.8. The highest BCUT2D eigenvalue weighted by Crippen LogP contribution is 2.34. The Hall–Kier alpha value is -1.26. The fourth-order valence-corrected chi connectivity index (χ4v) is 2.33. The van der Waals surface area contributed by atoms with Gasteiger partial charge < -0.3 is 15.2 Å². The Balaban J connectivity index is 2.20. The molecule has 1 aliphatic rings. The predicted octanol–water partition coefficient (Wildman–Crippen LogP) is 2.08. The average molecular weight is 256 g/mol. The Morgan fingerprint density at radius 2 is 2.35 bits per heavy atom. The molecule has 0 amide bonds. The monoisotopic (exact) mass is 255 g/mol. The van der Waals surface area contributed by atoms with E-state index in [2.05, 4.69) is 5.32 Å². The zero-order valence-electron chi connectivity index (χ0n) is 9.44. The molecule has 5 heteroatoms. The van der Waals surface area contributed by atoms with Crippen LogP contribution >= 0.6 is 11.6 Å². The molecule has 4 nitrogen and oxygen atoms in total. The molecule has 1 aromatic rings. The van der Waals surface area contributed by atoms with Crippen LogP contribution in [0.25, 0.3) is 0 Å². The highest BCUT2D eigenvalue weighted by atomic mass is 35.5. The predicted molar refractivity (Wildman–Crippen MR) is 64.5 cm³/mol. The van der Waals surface area contributed by atoms with Crippen LogP contribution in [0.4, 0.5) is 0 Å². The fraction of sp³-hybridized carbons (Fsp3) is 0.417. The number of hydrogen-bond acceptors (Lipinski definition) is 3.